The number of ether oxygens (including phenoxy) is 3. The Bertz CT molecular complexity index is 1330. The van der Waals surface area contributed by atoms with E-state index in [9.17, 15) is 18.8 Å². The van der Waals surface area contributed by atoms with E-state index < -0.39 is 29.5 Å². The highest BCUT2D eigenvalue weighted by Crippen LogP contribution is 2.40. The molecule has 0 saturated heterocycles. The van der Waals surface area contributed by atoms with Crippen LogP contribution in [0.2, 0.25) is 5.02 Å². The summed E-state index contributed by atoms with van der Waals surface area (Å²) in [7, 11) is 1.24. The van der Waals surface area contributed by atoms with Gasteiger partial charge in [0.15, 0.2) is 11.9 Å². The van der Waals surface area contributed by atoms with Crippen LogP contribution in [0.4, 0.5) is 20.6 Å². The number of hydrogen-bond donors (Lipinski definition) is 1. The number of rotatable bonds is 3. The quantitative estimate of drug-likeness (QED) is 0.627. The molecule has 5 rings (SSSR count). The molecule has 3 amide bonds. The van der Waals surface area contributed by atoms with Gasteiger partial charge < -0.3 is 24.4 Å². The summed E-state index contributed by atoms with van der Waals surface area (Å²) in [5.41, 5.74) is 0.139. The summed E-state index contributed by atoms with van der Waals surface area (Å²) in [5.74, 6) is -1.49. The third-order valence-corrected chi connectivity index (χ3v) is 6.60. The second-order valence-electron chi connectivity index (χ2n) is 8.49. The van der Waals surface area contributed by atoms with Gasteiger partial charge in [-0.2, -0.15) is 10.1 Å². The molecule has 2 aromatic carbocycles. The van der Waals surface area contributed by atoms with Crippen molar-refractivity contribution in [2.45, 2.75) is 32.0 Å². The molecule has 0 bridgehead atoms. The largest absolute Gasteiger partial charge is 0.479 e. The molecule has 0 radical (unpaired) electrons. The van der Waals surface area contributed by atoms with E-state index in [1.54, 1.807) is 32.0 Å². The smallest absolute Gasteiger partial charge is 0.345 e. The first-order valence-electron chi connectivity index (χ1n) is 11.2. The third-order valence-electron chi connectivity index (χ3n) is 6.36. The number of amides is 3. The molecule has 0 spiro atoms. The monoisotopic (exact) mass is 516 g/mol. The zero-order valence-corrected chi connectivity index (χ0v) is 20.4. The lowest BCUT2D eigenvalue weighted by Gasteiger charge is -2.34. The molecule has 36 heavy (non-hydrogen) atoms. The maximum absolute atomic E-state index is 14.9. The van der Waals surface area contributed by atoms with Crippen molar-refractivity contribution in [3.05, 3.63) is 52.3 Å². The Labute approximate surface area is 210 Å². The summed E-state index contributed by atoms with van der Waals surface area (Å²) < 4.78 is 31.2. The van der Waals surface area contributed by atoms with Crippen LogP contribution >= 0.6 is 11.6 Å². The first-order chi connectivity index (χ1) is 17.2. The lowest BCUT2D eigenvalue weighted by atomic mass is 9.97. The van der Waals surface area contributed by atoms with Gasteiger partial charge in [0.1, 0.15) is 18.2 Å². The van der Waals surface area contributed by atoms with Gasteiger partial charge in [0.2, 0.25) is 5.60 Å². The normalized spacial score (nSPS) is 22.2. The first-order valence-corrected chi connectivity index (χ1v) is 11.6. The molecule has 0 saturated carbocycles. The minimum Gasteiger partial charge on any atom is -0.479 e. The van der Waals surface area contributed by atoms with Crippen molar-refractivity contribution in [2.24, 2.45) is 5.10 Å². The van der Waals surface area contributed by atoms with Gasteiger partial charge in [-0.3, -0.25) is 4.79 Å². The Balaban J connectivity index is 1.47. The predicted octanol–water partition coefficient (Wildman–Crippen LogP) is 3.31. The zero-order chi connectivity index (χ0) is 25.8. The molecule has 0 aromatic heterocycles. The van der Waals surface area contributed by atoms with Crippen molar-refractivity contribution < 1.29 is 33.0 Å². The number of likely N-dealkylation sites (N-methyl/N-ethyl adjacent to an activating group) is 1. The molecule has 2 atom stereocenters. The van der Waals surface area contributed by atoms with Crippen LogP contribution in [-0.2, 0) is 25.5 Å². The molecular weight excluding hydrogens is 495 g/mol. The second-order valence-corrected chi connectivity index (χ2v) is 8.93. The lowest BCUT2D eigenvalue weighted by molar-refractivity contribution is -0.165. The number of methoxy groups -OCH3 is 1. The number of anilines is 2. The number of nitrogens with zero attached hydrogens (tertiary/aromatic N) is 3. The van der Waals surface area contributed by atoms with Gasteiger partial charge in [-0.05, 0) is 37.6 Å². The highest BCUT2D eigenvalue weighted by Gasteiger charge is 2.55. The van der Waals surface area contributed by atoms with Gasteiger partial charge in [0, 0.05) is 29.6 Å². The third kappa shape index (κ3) is 3.66. The van der Waals surface area contributed by atoms with E-state index in [-0.39, 0.29) is 36.2 Å². The van der Waals surface area contributed by atoms with Gasteiger partial charge in [-0.15, -0.1) is 0 Å². The van der Waals surface area contributed by atoms with Crippen molar-refractivity contribution >= 4 is 46.6 Å². The number of esters is 1. The summed E-state index contributed by atoms with van der Waals surface area (Å²) in [5, 5.41) is 8.26. The molecular formula is C24H22ClFN4O6. The van der Waals surface area contributed by atoms with Crippen LogP contribution < -0.4 is 15.0 Å². The highest BCUT2D eigenvalue weighted by atomic mass is 35.5. The van der Waals surface area contributed by atoms with Crippen molar-refractivity contribution in [1.29, 1.82) is 0 Å². The predicted molar refractivity (Wildman–Crippen MR) is 128 cm³/mol. The standard InChI is InChI=1S/C24H22ClFN4O6/c1-4-29-18-9-17(16(26)8-19(18)36-12(2)21(29)31)27-23(33)30-11-35-24(22(32)34-3)10-13-7-14(25)5-6-15(13)20(24)28-30/h5-9,12H,4,10-11H2,1-3H3,(H,27,33). The summed E-state index contributed by atoms with van der Waals surface area (Å²) in [6.45, 7) is 3.31. The maximum atomic E-state index is 14.9. The van der Waals surface area contributed by atoms with Crippen LogP contribution in [0.5, 0.6) is 5.75 Å². The van der Waals surface area contributed by atoms with Crippen LogP contribution in [0.25, 0.3) is 0 Å². The molecule has 3 aliphatic rings. The Morgan fingerprint density at radius 1 is 1.33 bits per heavy atom. The minimum absolute atomic E-state index is 0.141. The van der Waals surface area contributed by atoms with E-state index in [0.717, 1.165) is 11.1 Å². The molecule has 0 fully saturated rings. The molecule has 2 heterocycles. The second kappa shape index (κ2) is 8.75. The van der Waals surface area contributed by atoms with Gasteiger partial charge in [-0.1, -0.05) is 17.7 Å². The summed E-state index contributed by atoms with van der Waals surface area (Å²) in [6, 6.07) is 6.67. The van der Waals surface area contributed by atoms with E-state index in [0.29, 0.717) is 28.4 Å². The first kappa shape index (κ1) is 24.0. The van der Waals surface area contributed by atoms with Crippen molar-refractivity contribution in [2.75, 3.05) is 30.6 Å². The SMILES string of the molecule is CCN1C(=O)C(C)Oc2cc(F)c(NC(=O)N3COC4(C(=O)OC)Cc5cc(Cl)ccc5C4=N3)cc21. The summed E-state index contributed by atoms with van der Waals surface area (Å²) >= 11 is 6.11. The molecule has 2 unspecified atom stereocenters. The molecule has 12 heteroatoms. The zero-order valence-electron chi connectivity index (χ0n) is 19.6. The highest BCUT2D eigenvalue weighted by molar-refractivity contribution is 6.31. The van der Waals surface area contributed by atoms with Gasteiger partial charge in [0.05, 0.1) is 18.5 Å². The van der Waals surface area contributed by atoms with Gasteiger partial charge in [0.25, 0.3) is 5.91 Å². The van der Waals surface area contributed by atoms with Gasteiger partial charge in [-0.25, -0.2) is 14.0 Å². The number of urea groups is 1. The molecule has 188 valence electrons. The molecule has 10 nitrogen and oxygen atoms in total. The Kier molecular flexibility index (Phi) is 5.84. The number of hydrazone groups is 1. The molecule has 1 aliphatic carbocycles. The molecule has 1 N–H and O–H groups in total. The summed E-state index contributed by atoms with van der Waals surface area (Å²) in [6.07, 6.45) is -0.610. The Hall–Kier alpha value is -3.70. The van der Waals surface area contributed by atoms with Gasteiger partial charge >= 0.3 is 12.0 Å². The average molecular weight is 517 g/mol. The fourth-order valence-electron chi connectivity index (χ4n) is 4.61. The van der Waals surface area contributed by atoms with Crippen molar-refractivity contribution in [3.8, 4) is 5.75 Å². The fourth-order valence-corrected chi connectivity index (χ4v) is 4.80. The van der Waals surface area contributed by atoms with Crippen LogP contribution in [0.1, 0.15) is 25.0 Å². The number of carbonyl (C=O) groups is 3. The van der Waals surface area contributed by atoms with E-state index in [1.165, 1.54) is 18.1 Å². The van der Waals surface area contributed by atoms with Crippen LogP contribution in [0, 0.1) is 5.82 Å². The van der Waals surface area contributed by atoms with E-state index >= 15 is 0 Å². The Morgan fingerprint density at radius 3 is 2.83 bits per heavy atom. The lowest BCUT2D eigenvalue weighted by Crippen LogP contribution is -2.55. The van der Waals surface area contributed by atoms with E-state index in [1.807, 2.05) is 0 Å². The Morgan fingerprint density at radius 2 is 2.11 bits per heavy atom. The maximum Gasteiger partial charge on any atom is 0.345 e. The minimum atomic E-state index is -1.52. The molecule has 2 aliphatic heterocycles. The molecule has 2 aromatic rings. The fraction of sp³-hybridized carbons (Fsp3) is 0.333. The topological polar surface area (TPSA) is 110 Å². The number of nitrogens with one attached hydrogen (secondary N) is 1. The number of halogens is 2. The number of hydrogen-bond acceptors (Lipinski definition) is 7. The number of fused-ring (bicyclic) bond motifs is 4. The van der Waals surface area contributed by atoms with Crippen LogP contribution in [0.3, 0.4) is 0 Å². The van der Waals surface area contributed by atoms with E-state index in [2.05, 4.69) is 10.4 Å². The van der Waals surface area contributed by atoms with Crippen LogP contribution in [-0.4, -0.2) is 60.7 Å². The van der Waals surface area contributed by atoms with Crippen molar-refractivity contribution in [1.82, 2.24) is 5.01 Å². The average Bonchev–Trinajstić information content (AvgIpc) is 3.19. The van der Waals surface area contributed by atoms with Crippen LogP contribution in [0.15, 0.2) is 35.4 Å². The van der Waals surface area contributed by atoms with E-state index in [4.69, 9.17) is 25.8 Å². The summed E-state index contributed by atoms with van der Waals surface area (Å²) in [4.78, 5) is 39.7. The number of carbonyl (C=O) groups excluding carboxylic acids is 3. The van der Waals surface area contributed by atoms with Crippen molar-refractivity contribution in [3.63, 3.8) is 0 Å². The number of benzene rings is 2.